The van der Waals surface area contributed by atoms with Gasteiger partial charge in [-0.1, -0.05) is 0 Å². The van der Waals surface area contributed by atoms with Gasteiger partial charge in [0.25, 0.3) is 0 Å². The van der Waals surface area contributed by atoms with Gasteiger partial charge < -0.3 is 15.5 Å². The zero-order valence-corrected chi connectivity index (χ0v) is 9.18. The van der Waals surface area contributed by atoms with Gasteiger partial charge in [-0.3, -0.25) is 4.99 Å². The van der Waals surface area contributed by atoms with E-state index in [1.165, 1.54) is 19.5 Å². The molecule has 0 aromatic heterocycles. The quantitative estimate of drug-likeness (QED) is 0.714. The summed E-state index contributed by atoms with van der Waals surface area (Å²) in [6.45, 7) is 6.43. The molecule has 1 saturated heterocycles. The highest BCUT2D eigenvalue weighted by molar-refractivity contribution is 5.61. The van der Waals surface area contributed by atoms with Crippen LogP contribution in [0.1, 0.15) is 6.42 Å². The van der Waals surface area contributed by atoms with Crippen LogP contribution < -0.4 is 5.73 Å². The minimum atomic E-state index is 0.725. The molecule has 15 heavy (non-hydrogen) atoms. The zero-order chi connectivity index (χ0) is 10.5. The highest BCUT2D eigenvalue weighted by Crippen LogP contribution is 2.14. The first-order valence-electron chi connectivity index (χ1n) is 5.73. The van der Waals surface area contributed by atoms with Gasteiger partial charge in [-0.05, 0) is 25.4 Å². The Labute approximate surface area is 91.4 Å². The van der Waals surface area contributed by atoms with Crippen molar-refractivity contribution in [3.05, 3.63) is 12.4 Å². The van der Waals surface area contributed by atoms with Gasteiger partial charge in [0.2, 0.25) is 0 Å². The molecular weight excluding hydrogens is 188 g/mol. The van der Waals surface area contributed by atoms with E-state index in [1.807, 2.05) is 12.4 Å². The van der Waals surface area contributed by atoms with Crippen LogP contribution in [0.3, 0.4) is 0 Å². The van der Waals surface area contributed by atoms with Crippen LogP contribution in [0.15, 0.2) is 17.4 Å². The normalized spacial score (nSPS) is 26.5. The molecular formula is C11H20N4. The van der Waals surface area contributed by atoms with E-state index in [4.69, 9.17) is 5.73 Å². The van der Waals surface area contributed by atoms with Gasteiger partial charge in [-0.25, -0.2) is 0 Å². The average molecular weight is 208 g/mol. The lowest BCUT2D eigenvalue weighted by atomic mass is 10.1. The molecule has 4 nitrogen and oxygen atoms in total. The Kier molecular flexibility index (Phi) is 3.75. The van der Waals surface area contributed by atoms with Crippen LogP contribution in [0, 0.1) is 5.92 Å². The van der Waals surface area contributed by atoms with E-state index in [0.717, 1.165) is 32.1 Å². The van der Waals surface area contributed by atoms with Gasteiger partial charge in [0, 0.05) is 38.2 Å². The molecule has 0 aromatic carbocycles. The summed E-state index contributed by atoms with van der Waals surface area (Å²) in [5.74, 6) is 0.725. The summed E-state index contributed by atoms with van der Waals surface area (Å²) in [5, 5.41) is 0. The maximum absolute atomic E-state index is 5.67. The molecule has 0 spiro atoms. The minimum Gasteiger partial charge on any atom is -0.370 e. The third-order valence-corrected chi connectivity index (χ3v) is 3.19. The molecule has 1 atom stereocenters. The molecule has 2 aliphatic heterocycles. The fourth-order valence-corrected chi connectivity index (χ4v) is 2.15. The Hall–Kier alpha value is -0.870. The van der Waals surface area contributed by atoms with E-state index in [9.17, 15) is 0 Å². The van der Waals surface area contributed by atoms with E-state index in [1.54, 1.807) is 0 Å². The van der Waals surface area contributed by atoms with E-state index in [2.05, 4.69) is 21.0 Å². The van der Waals surface area contributed by atoms with Crippen LogP contribution >= 0.6 is 0 Å². The maximum Gasteiger partial charge on any atom is 0.0528 e. The predicted molar refractivity (Wildman–Crippen MR) is 62.8 cm³/mol. The van der Waals surface area contributed by atoms with Crippen LogP contribution in [0.2, 0.25) is 0 Å². The standard InChI is InChI=1S/C11H20N4/c12-9-11-1-4-15(10-11)8-7-14-5-2-13-3-6-14/h2-3,5,11H,1,4,6-10,12H2/t11-/m0/s1. The molecule has 4 heteroatoms. The summed E-state index contributed by atoms with van der Waals surface area (Å²) >= 11 is 0. The lowest BCUT2D eigenvalue weighted by molar-refractivity contribution is 0.281. The molecule has 0 bridgehead atoms. The Balaban J connectivity index is 1.66. The van der Waals surface area contributed by atoms with Gasteiger partial charge in [0.05, 0.1) is 6.54 Å². The fraction of sp³-hybridized carbons (Fsp3) is 0.727. The van der Waals surface area contributed by atoms with Crippen LogP contribution in [-0.2, 0) is 0 Å². The van der Waals surface area contributed by atoms with Crippen LogP contribution in [0.25, 0.3) is 0 Å². The number of nitrogens with two attached hydrogens (primary N) is 1. The van der Waals surface area contributed by atoms with Crippen LogP contribution in [0.4, 0.5) is 0 Å². The second-order valence-electron chi connectivity index (χ2n) is 4.32. The summed E-state index contributed by atoms with van der Waals surface area (Å²) in [7, 11) is 0. The minimum absolute atomic E-state index is 0.725. The first-order chi connectivity index (χ1) is 7.38. The summed E-state index contributed by atoms with van der Waals surface area (Å²) in [5.41, 5.74) is 5.67. The van der Waals surface area contributed by atoms with Crippen molar-refractivity contribution >= 4 is 6.21 Å². The lowest BCUT2D eigenvalue weighted by Crippen LogP contribution is -2.33. The smallest absolute Gasteiger partial charge is 0.0528 e. The first kappa shape index (κ1) is 10.6. The molecule has 2 aliphatic rings. The number of hydrogen-bond donors (Lipinski definition) is 1. The Morgan fingerprint density at radius 2 is 2.33 bits per heavy atom. The number of likely N-dealkylation sites (tertiary alicyclic amines) is 1. The van der Waals surface area contributed by atoms with Gasteiger partial charge >= 0.3 is 0 Å². The summed E-state index contributed by atoms with van der Waals surface area (Å²) in [6.07, 6.45) is 7.15. The van der Waals surface area contributed by atoms with Crippen molar-refractivity contribution in [2.45, 2.75) is 6.42 Å². The van der Waals surface area contributed by atoms with Gasteiger partial charge in [-0.2, -0.15) is 0 Å². The molecule has 2 heterocycles. The van der Waals surface area contributed by atoms with Crippen LogP contribution in [0.5, 0.6) is 0 Å². The largest absolute Gasteiger partial charge is 0.370 e. The van der Waals surface area contributed by atoms with E-state index in [0.29, 0.717) is 0 Å². The number of hydrogen-bond acceptors (Lipinski definition) is 4. The van der Waals surface area contributed by atoms with Crippen molar-refractivity contribution in [1.82, 2.24) is 9.80 Å². The van der Waals surface area contributed by atoms with Crippen molar-refractivity contribution in [3.63, 3.8) is 0 Å². The average Bonchev–Trinajstić information content (AvgIpc) is 2.76. The van der Waals surface area contributed by atoms with E-state index >= 15 is 0 Å². The molecule has 0 unspecified atom stereocenters. The predicted octanol–water partition coefficient (Wildman–Crippen LogP) is 0.125. The SMILES string of the molecule is NC[C@@H]1CCN(CCN2C=CN=CC2)C1. The third kappa shape index (κ3) is 3.04. The van der Waals surface area contributed by atoms with E-state index in [-0.39, 0.29) is 0 Å². The molecule has 0 radical (unpaired) electrons. The molecule has 1 fully saturated rings. The van der Waals surface area contributed by atoms with Gasteiger partial charge in [0.15, 0.2) is 0 Å². The molecule has 2 N–H and O–H groups in total. The molecule has 84 valence electrons. The molecule has 2 rings (SSSR count). The van der Waals surface area contributed by atoms with E-state index < -0.39 is 0 Å². The Morgan fingerprint density at radius 3 is 3.00 bits per heavy atom. The van der Waals surface area contributed by atoms with Crippen molar-refractivity contribution in [2.24, 2.45) is 16.6 Å². The Bertz CT molecular complexity index is 249. The highest BCUT2D eigenvalue weighted by Gasteiger charge is 2.20. The number of aliphatic imine (C=N–C) groups is 1. The molecule has 0 aliphatic carbocycles. The lowest BCUT2D eigenvalue weighted by Gasteiger charge is -2.23. The first-order valence-corrected chi connectivity index (χ1v) is 5.73. The fourth-order valence-electron chi connectivity index (χ4n) is 2.15. The van der Waals surface area contributed by atoms with Crippen molar-refractivity contribution in [2.75, 3.05) is 39.3 Å². The second-order valence-corrected chi connectivity index (χ2v) is 4.32. The zero-order valence-electron chi connectivity index (χ0n) is 9.18. The maximum atomic E-state index is 5.67. The topological polar surface area (TPSA) is 44.9 Å². The summed E-state index contributed by atoms with van der Waals surface area (Å²) in [4.78, 5) is 8.86. The van der Waals surface area contributed by atoms with Crippen molar-refractivity contribution in [3.8, 4) is 0 Å². The van der Waals surface area contributed by atoms with Crippen LogP contribution in [-0.4, -0.2) is 55.3 Å². The van der Waals surface area contributed by atoms with Crippen molar-refractivity contribution in [1.29, 1.82) is 0 Å². The number of rotatable bonds is 4. The molecule has 0 aromatic rings. The second kappa shape index (κ2) is 5.28. The van der Waals surface area contributed by atoms with Gasteiger partial charge in [-0.15, -0.1) is 0 Å². The van der Waals surface area contributed by atoms with Gasteiger partial charge in [0.1, 0.15) is 0 Å². The molecule has 0 amide bonds. The molecule has 0 saturated carbocycles. The summed E-state index contributed by atoms with van der Waals surface area (Å²) < 4.78 is 0. The number of nitrogens with zero attached hydrogens (tertiary/aromatic N) is 3. The third-order valence-electron chi connectivity index (χ3n) is 3.19. The van der Waals surface area contributed by atoms with Crippen molar-refractivity contribution < 1.29 is 0 Å². The summed E-state index contributed by atoms with van der Waals surface area (Å²) in [6, 6.07) is 0. The monoisotopic (exact) mass is 208 g/mol. The Morgan fingerprint density at radius 1 is 1.40 bits per heavy atom. The highest BCUT2D eigenvalue weighted by atomic mass is 15.2.